The van der Waals surface area contributed by atoms with E-state index >= 15 is 0 Å². The van der Waals surface area contributed by atoms with Crippen LogP contribution in [0.15, 0.2) is 59.7 Å². The second kappa shape index (κ2) is 13.2. The fourth-order valence-corrected chi connectivity index (χ4v) is 6.31. The molecule has 6 rings (SSSR count). The van der Waals surface area contributed by atoms with Gasteiger partial charge in [0, 0.05) is 46.8 Å². The second-order valence-corrected chi connectivity index (χ2v) is 11.4. The number of halogens is 2. The molecule has 2 aliphatic heterocycles. The Labute approximate surface area is 266 Å². The number of aliphatic imine (C=N–C) groups is 1. The van der Waals surface area contributed by atoms with Gasteiger partial charge in [-0.05, 0) is 31.7 Å². The van der Waals surface area contributed by atoms with Gasteiger partial charge in [-0.1, -0.05) is 65.7 Å². The topological polar surface area (TPSA) is 111 Å². The highest BCUT2D eigenvalue weighted by atomic mass is 35.5. The third kappa shape index (κ3) is 6.07. The predicted molar refractivity (Wildman–Crippen MR) is 173 cm³/mol. The summed E-state index contributed by atoms with van der Waals surface area (Å²) >= 11 is 14.1. The number of benzene rings is 2. The minimum Gasteiger partial charge on any atom is -0.481 e. The lowest BCUT2D eigenvalue weighted by Gasteiger charge is -2.15. The molecule has 0 unspecified atom stereocenters. The fourth-order valence-electron chi connectivity index (χ4n) is 5.66. The van der Waals surface area contributed by atoms with Crippen LogP contribution in [0.25, 0.3) is 33.6 Å². The summed E-state index contributed by atoms with van der Waals surface area (Å²) in [5, 5.41) is 7.25. The third-order valence-electron chi connectivity index (χ3n) is 7.89. The Morgan fingerprint density at radius 3 is 2.20 bits per heavy atom. The average Bonchev–Trinajstić information content (AvgIpc) is 3.73. The fraction of sp³-hybridized carbons (Fsp3) is 0.303. The first kappa shape index (κ1) is 29.8. The molecule has 2 N–H and O–H groups in total. The Bertz CT molecular complexity index is 1750. The molecular weight excluding hydrogens is 599 g/mol. The Kier molecular flexibility index (Phi) is 8.95. The van der Waals surface area contributed by atoms with E-state index in [-0.39, 0.29) is 11.9 Å². The third-order valence-corrected chi connectivity index (χ3v) is 8.70. The van der Waals surface area contributed by atoms with Crippen molar-refractivity contribution in [3.8, 4) is 45.4 Å². The first-order valence-electron chi connectivity index (χ1n) is 14.6. The van der Waals surface area contributed by atoms with E-state index in [0.717, 1.165) is 54.5 Å². The number of carbonyl (C=O) groups is 1. The molecule has 4 aromatic rings. The molecule has 0 saturated carbocycles. The summed E-state index contributed by atoms with van der Waals surface area (Å²) in [6.07, 6.45) is 5.85. The number of amidine groups is 1. The zero-order valence-electron chi connectivity index (χ0n) is 24.5. The summed E-state index contributed by atoms with van der Waals surface area (Å²) < 4.78 is 11.2. The molecule has 4 heterocycles. The van der Waals surface area contributed by atoms with E-state index < -0.39 is 0 Å². The Morgan fingerprint density at radius 1 is 0.886 bits per heavy atom. The molecule has 226 valence electrons. The highest BCUT2D eigenvalue weighted by Gasteiger charge is 2.22. The number of rotatable bonds is 10. The number of ether oxygens (including phenoxy) is 2. The number of methoxy groups -OCH3 is 2. The van der Waals surface area contributed by atoms with Crippen LogP contribution in [0.5, 0.6) is 11.8 Å². The molecule has 2 aromatic carbocycles. The maximum Gasteiger partial charge on any atom is 0.244 e. The summed E-state index contributed by atoms with van der Waals surface area (Å²) in [7, 11) is 3.18. The Balaban J connectivity index is 1.27. The first-order valence-corrected chi connectivity index (χ1v) is 15.3. The molecule has 2 aromatic heterocycles. The predicted octanol–water partition coefficient (Wildman–Crippen LogP) is 6.15. The lowest BCUT2D eigenvalue weighted by molar-refractivity contribution is -0.119. The van der Waals surface area contributed by atoms with Gasteiger partial charge in [0.05, 0.1) is 48.4 Å². The number of hydrogen-bond donors (Lipinski definition) is 2. The number of hydrogen-bond acceptors (Lipinski definition) is 8. The SMILES string of the molecule is COc1nc(-c2cccc(-c3cccc(-c4cnc(C5=NCCN5)c(OC)n4)c3Cl)c2Cl)ccc1CCC[C@@H]1CCC(=O)N1. The van der Waals surface area contributed by atoms with Crippen LogP contribution in [0.2, 0.25) is 10.0 Å². The van der Waals surface area contributed by atoms with Gasteiger partial charge in [-0.25, -0.2) is 15.0 Å². The minimum atomic E-state index is 0.140. The second-order valence-electron chi connectivity index (χ2n) is 10.7. The molecule has 9 nitrogen and oxygen atoms in total. The van der Waals surface area contributed by atoms with Crippen LogP contribution < -0.4 is 20.1 Å². The smallest absolute Gasteiger partial charge is 0.244 e. The number of nitrogens with zero attached hydrogens (tertiary/aromatic N) is 4. The quantitative estimate of drug-likeness (QED) is 0.216. The van der Waals surface area contributed by atoms with E-state index in [1.54, 1.807) is 20.4 Å². The van der Waals surface area contributed by atoms with Crippen molar-refractivity contribution in [1.29, 1.82) is 0 Å². The van der Waals surface area contributed by atoms with E-state index in [9.17, 15) is 4.79 Å². The van der Waals surface area contributed by atoms with Crippen molar-refractivity contribution in [1.82, 2.24) is 25.6 Å². The molecule has 2 aliphatic rings. The van der Waals surface area contributed by atoms with Crippen LogP contribution in [0.1, 0.15) is 36.9 Å². The Morgan fingerprint density at radius 2 is 1.57 bits per heavy atom. The molecule has 0 radical (unpaired) electrons. The number of aryl methyl sites for hydroxylation is 1. The largest absolute Gasteiger partial charge is 0.481 e. The van der Waals surface area contributed by atoms with Crippen molar-refractivity contribution >= 4 is 34.9 Å². The highest BCUT2D eigenvalue weighted by molar-refractivity contribution is 6.39. The van der Waals surface area contributed by atoms with E-state index in [1.165, 1.54) is 0 Å². The molecule has 0 spiro atoms. The standard InChI is InChI=1S/C33H32Cl2N6O3/c1-43-32-19(6-3-7-20-13-15-27(42)39-20)12-14-25(40-32)23-10-4-8-21(28(23)34)22-9-5-11-24(29(22)35)26-18-38-30(33(41-26)44-2)31-36-16-17-37-31/h4-5,8-12,14,18,20H,3,6-7,13,15-17H2,1-2H3,(H,36,37)(H,39,42)/t20-/m1/s1. The molecule has 0 aliphatic carbocycles. The van der Waals surface area contributed by atoms with Gasteiger partial charge in [0.2, 0.25) is 17.7 Å². The van der Waals surface area contributed by atoms with Crippen molar-refractivity contribution in [2.45, 2.75) is 38.1 Å². The zero-order valence-corrected chi connectivity index (χ0v) is 26.0. The van der Waals surface area contributed by atoms with E-state index in [4.69, 9.17) is 42.6 Å². The average molecular weight is 632 g/mol. The normalized spacial score (nSPS) is 16.0. The van der Waals surface area contributed by atoms with Crippen LogP contribution >= 0.6 is 23.2 Å². The monoisotopic (exact) mass is 630 g/mol. The van der Waals surface area contributed by atoms with Crippen LogP contribution in [-0.2, 0) is 11.2 Å². The lowest BCUT2D eigenvalue weighted by atomic mass is 9.98. The van der Waals surface area contributed by atoms with Crippen molar-refractivity contribution in [2.24, 2.45) is 4.99 Å². The summed E-state index contributed by atoms with van der Waals surface area (Å²) in [5.41, 5.74) is 5.83. The van der Waals surface area contributed by atoms with Crippen molar-refractivity contribution in [3.63, 3.8) is 0 Å². The maximum atomic E-state index is 11.5. The van der Waals surface area contributed by atoms with Crippen molar-refractivity contribution in [3.05, 3.63) is 76.0 Å². The van der Waals surface area contributed by atoms with Crippen molar-refractivity contribution < 1.29 is 14.3 Å². The van der Waals surface area contributed by atoms with Gasteiger partial charge in [-0.3, -0.25) is 9.79 Å². The summed E-state index contributed by atoms with van der Waals surface area (Å²) in [6, 6.07) is 15.8. The lowest BCUT2D eigenvalue weighted by Crippen LogP contribution is -2.25. The van der Waals surface area contributed by atoms with Gasteiger partial charge in [0.15, 0.2) is 11.5 Å². The van der Waals surface area contributed by atoms with Crippen LogP contribution in [0, 0.1) is 0 Å². The number of carbonyl (C=O) groups excluding carboxylic acids is 1. The van der Waals surface area contributed by atoms with E-state index in [2.05, 4.69) is 20.6 Å². The highest BCUT2D eigenvalue weighted by Crippen LogP contribution is 2.42. The van der Waals surface area contributed by atoms with Gasteiger partial charge in [0.25, 0.3) is 0 Å². The van der Waals surface area contributed by atoms with Crippen LogP contribution in [0.3, 0.4) is 0 Å². The van der Waals surface area contributed by atoms with Gasteiger partial charge in [-0.2, -0.15) is 0 Å². The molecule has 44 heavy (non-hydrogen) atoms. The Hall–Kier alpha value is -4.21. The molecular formula is C33H32Cl2N6O3. The maximum absolute atomic E-state index is 11.5. The van der Waals surface area contributed by atoms with Gasteiger partial charge in [-0.15, -0.1) is 0 Å². The van der Waals surface area contributed by atoms with E-state index in [0.29, 0.717) is 63.3 Å². The molecule has 1 amide bonds. The summed E-state index contributed by atoms with van der Waals surface area (Å²) in [6.45, 7) is 1.44. The summed E-state index contributed by atoms with van der Waals surface area (Å²) in [5.74, 6) is 1.74. The zero-order chi connectivity index (χ0) is 30.6. The number of nitrogens with one attached hydrogen (secondary N) is 2. The first-order chi connectivity index (χ1) is 21.5. The molecule has 1 fully saturated rings. The minimum absolute atomic E-state index is 0.140. The number of pyridine rings is 1. The molecule has 1 saturated heterocycles. The molecule has 11 heteroatoms. The van der Waals surface area contributed by atoms with E-state index in [1.807, 2.05) is 48.5 Å². The molecule has 0 bridgehead atoms. The van der Waals surface area contributed by atoms with Gasteiger partial charge < -0.3 is 20.1 Å². The van der Waals surface area contributed by atoms with Crippen LogP contribution in [0.4, 0.5) is 0 Å². The van der Waals surface area contributed by atoms with Crippen molar-refractivity contribution in [2.75, 3.05) is 27.3 Å². The van der Waals surface area contributed by atoms with Gasteiger partial charge in [0.1, 0.15) is 0 Å². The number of amides is 1. The molecule has 1 atom stereocenters. The van der Waals surface area contributed by atoms with Gasteiger partial charge >= 0.3 is 0 Å². The number of aromatic nitrogens is 3. The van der Waals surface area contributed by atoms with Crippen LogP contribution in [-0.4, -0.2) is 60.0 Å². The summed E-state index contributed by atoms with van der Waals surface area (Å²) in [4.78, 5) is 30.0.